The normalized spacial score (nSPS) is 20.7. The summed E-state index contributed by atoms with van der Waals surface area (Å²) in [6, 6.07) is 6.48. The monoisotopic (exact) mass is 419 g/mol. The van der Waals surface area contributed by atoms with Crippen molar-refractivity contribution in [2.75, 3.05) is 25.4 Å². The van der Waals surface area contributed by atoms with Crippen LogP contribution < -0.4 is 11.1 Å². The van der Waals surface area contributed by atoms with Gasteiger partial charge in [-0.05, 0) is 35.3 Å². The van der Waals surface area contributed by atoms with E-state index in [0.717, 1.165) is 11.3 Å². The van der Waals surface area contributed by atoms with E-state index >= 15 is 0 Å². The summed E-state index contributed by atoms with van der Waals surface area (Å²) in [5.74, 6) is -0.0758. The standard InChI is InChI=1S/C21H29N3O4S/c1-4-29(27,28)17-7-5-14(6-8-17)18(25)12-24-11-16(21(22)26)9-15-10-23-19(13(2)3)20(15)24/h5-9,13,18-19,23,25H,4,10-12H2,1-3H3,(H2,22,26)/t18?,19-/m0/s1. The molecule has 1 unspecified atom stereocenters. The first-order chi connectivity index (χ1) is 13.6. The first-order valence-electron chi connectivity index (χ1n) is 9.86. The lowest BCUT2D eigenvalue weighted by Gasteiger charge is -2.36. The van der Waals surface area contributed by atoms with Crippen molar-refractivity contribution in [3.63, 3.8) is 0 Å². The van der Waals surface area contributed by atoms with Crippen LogP contribution in [0, 0.1) is 5.92 Å². The number of hydrogen-bond acceptors (Lipinski definition) is 6. The third-order valence-corrected chi connectivity index (χ3v) is 7.32. The Morgan fingerprint density at radius 1 is 1.31 bits per heavy atom. The molecule has 0 saturated carbocycles. The average Bonchev–Trinajstić information content (AvgIpc) is 3.12. The van der Waals surface area contributed by atoms with Crippen LogP contribution in [0.3, 0.4) is 0 Å². The number of rotatable bonds is 7. The van der Waals surface area contributed by atoms with Gasteiger partial charge in [-0.3, -0.25) is 4.79 Å². The topological polar surface area (TPSA) is 113 Å². The number of hydrogen-bond donors (Lipinski definition) is 3. The summed E-state index contributed by atoms with van der Waals surface area (Å²) in [6.07, 6.45) is 1.03. The first kappa shape index (κ1) is 21.5. The fourth-order valence-corrected chi connectivity index (χ4v) is 4.80. The molecule has 0 spiro atoms. The molecule has 8 heteroatoms. The van der Waals surface area contributed by atoms with Crippen LogP contribution in [0.2, 0.25) is 0 Å². The van der Waals surface area contributed by atoms with E-state index in [1.54, 1.807) is 19.1 Å². The molecule has 29 heavy (non-hydrogen) atoms. The van der Waals surface area contributed by atoms with E-state index in [9.17, 15) is 18.3 Å². The molecule has 0 bridgehead atoms. The van der Waals surface area contributed by atoms with Crippen molar-refractivity contribution in [3.8, 4) is 0 Å². The Morgan fingerprint density at radius 2 is 1.97 bits per heavy atom. The Balaban J connectivity index is 1.84. The van der Waals surface area contributed by atoms with E-state index in [0.29, 0.717) is 30.1 Å². The minimum Gasteiger partial charge on any atom is -0.387 e. The highest BCUT2D eigenvalue weighted by molar-refractivity contribution is 7.91. The number of nitrogens with one attached hydrogen (secondary N) is 1. The summed E-state index contributed by atoms with van der Waals surface area (Å²) in [4.78, 5) is 14.0. The summed E-state index contributed by atoms with van der Waals surface area (Å²) in [7, 11) is -3.28. The van der Waals surface area contributed by atoms with Gasteiger partial charge >= 0.3 is 0 Å². The van der Waals surface area contributed by atoms with Crippen molar-refractivity contribution in [1.29, 1.82) is 0 Å². The van der Waals surface area contributed by atoms with Crippen molar-refractivity contribution in [2.45, 2.75) is 37.8 Å². The molecule has 2 heterocycles. The van der Waals surface area contributed by atoms with Gasteiger partial charge in [-0.15, -0.1) is 0 Å². The maximum absolute atomic E-state index is 12.0. The van der Waals surface area contributed by atoms with E-state index in [4.69, 9.17) is 5.73 Å². The van der Waals surface area contributed by atoms with Gasteiger partial charge in [0.15, 0.2) is 9.84 Å². The van der Waals surface area contributed by atoms with Crippen LogP contribution in [-0.4, -0.2) is 55.8 Å². The quantitative estimate of drug-likeness (QED) is 0.611. The Kier molecular flexibility index (Phi) is 6.16. The predicted molar refractivity (Wildman–Crippen MR) is 112 cm³/mol. The lowest BCUT2D eigenvalue weighted by atomic mass is 9.95. The molecule has 1 aromatic carbocycles. The molecular formula is C21H29N3O4S. The van der Waals surface area contributed by atoms with Crippen molar-refractivity contribution >= 4 is 15.7 Å². The van der Waals surface area contributed by atoms with Gasteiger partial charge in [-0.1, -0.05) is 32.9 Å². The van der Waals surface area contributed by atoms with Gasteiger partial charge in [-0.25, -0.2) is 8.42 Å². The Morgan fingerprint density at radius 3 is 2.52 bits per heavy atom. The SMILES string of the molecule is CCS(=O)(=O)c1ccc(C(O)CN2CC(C(N)=O)=CC3=C2[C@H](C(C)C)NC3)cc1. The van der Waals surface area contributed by atoms with E-state index in [-0.39, 0.29) is 23.2 Å². The molecule has 4 N–H and O–H groups in total. The molecular weight excluding hydrogens is 390 g/mol. The van der Waals surface area contributed by atoms with E-state index in [2.05, 4.69) is 19.2 Å². The maximum atomic E-state index is 12.0. The smallest absolute Gasteiger partial charge is 0.246 e. The highest BCUT2D eigenvalue weighted by Gasteiger charge is 2.35. The summed E-state index contributed by atoms with van der Waals surface area (Å²) in [5.41, 5.74) is 8.79. The third kappa shape index (κ3) is 4.39. The van der Waals surface area contributed by atoms with E-state index in [1.165, 1.54) is 12.1 Å². The zero-order chi connectivity index (χ0) is 21.3. The van der Waals surface area contributed by atoms with Crippen LogP contribution in [-0.2, 0) is 14.6 Å². The first-order valence-corrected chi connectivity index (χ1v) is 11.5. The van der Waals surface area contributed by atoms with Crippen LogP contribution in [0.1, 0.15) is 32.4 Å². The van der Waals surface area contributed by atoms with Gasteiger partial charge in [0.25, 0.3) is 0 Å². The van der Waals surface area contributed by atoms with E-state index < -0.39 is 21.8 Å². The fraction of sp³-hybridized carbons (Fsp3) is 0.476. The summed E-state index contributed by atoms with van der Waals surface area (Å²) in [5, 5.41) is 14.3. The number of nitrogens with two attached hydrogens (primary N) is 1. The third-order valence-electron chi connectivity index (χ3n) is 5.57. The van der Waals surface area contributed by atoms with Crippen molar-refractivity contribution in [2.24, 2.45) is 11.7 Å². The number of amides is 1. The van der Waals surface area contributed by atoms with Crippen LogP contribution >= 0.6 is 0 Å². The molecule has 2 aliphatic rings. The maximum Gasteiger partial charge on any atom is 0.246 e. The van der Waals surface area contributed by atoms with Crippen LogP contribution in [0.4, 0.5) is 0 Å². The van der Waals surface area contributed by atoms with Gasteiger partial charge in [-0.2, -0.15) is 0 Å². The number of aliphatic hydroxyl groups is 1. The number of benzene rings is 1. The van der Waals surface area contributed by atoms with Crippen molar-refractivity contribution in [3.05, 3.63) is 52.7 Å². The Bertz CT molecular complexity index is 949. The van der Waals surface area contributed by atoms with Gasteiger partial charge in [0.05, 0.1) is 22.8 Å². The molecule has 1 amide bonds. The molecule has 0 radical (unpaired) electrons. The number of primary amides is 1. The van der Waals surface area contributed by atoms with Crippen LogP contribution in [0.25, 0.3) is 0 Å². The second-order valence-corrected chi connectivity index (χ2v) is 10.2. The van der Waals surface area contributed by atoms with E-state index in [1.807, 2.05) is 11.0 Å². The largest absolute Gasteiger partial charge is 0.387 e. The molecule has 0 aromatic heterocycles. The van der Waals surface area contributed by atoms with Gasteiger partial charge in [0.2, 0.25) is 5.91 Å². The summed E-state index contributed by atoms with van der Waals surface area (Å²) >= 11 is 0. The molecule has 2 atom stereocenters. The number of β-amino-alcohol motifs (C(OH)–C–C–N with tert-alkyl or cyclic N) is 1. The molecule has 0 fully saturated rings. The zero-order valence-electron chi connectivity index (χ0n) is 17.1. The molecule has 158 valence electrons. The average molecular weight is 420 g/mol. The predicted octanol–water partition coefficient (Wildman–Crippen LogP) is 1.12. The highest BCUT2D eigenvalue weighted by atomic mass is 32.2. The number of aliphatic hydroxyl groups excluding tert-OH is 1. The second kappa shape index (κ2) is 8.30. The lowest BCUT2D eigenvalue weighted by Crippen LogP contribution is -2.42. The minimum atomic E-state index is -3.28. The minimum absolute atomic E-state index is 0.0332. The number of carbonyl (C=O) groups excluding carboxylic acids is 1. The van der Waals surface area contributed by atoms with Crippen LogP contribution in [0.5, 0.6) is 0 Å². The number of sulfone groups is 1. The molecule has 0 aliphatic carbocycles. The number of nitrogens with zero attached hydrogens (tertiary/aromatic N) is 1. The lowest BCUT2D eigenvalue weighted by molar-refractivity contribution is -0.114. The zero-order valence-corrected chi connectivity index (χ0v) is 17.9. The molecule has 1 aromatic rings. The summed E-state index contributed by atoms with van der Waals surface area (Å²) < 4.78 is 24.0. The second-order valence-electron chi connectivity index (χ2n) is 7.92. The molecule has 2 aliphatic heterocycles. The van der Waals surface area contributed by atoms with Crippen molar-refractivity contribution < 1.29 is 18.3 Å². The molecule has 3 rings (SSSR count). The Labute approximate surface area is 172 Å². The fourth-order valence-electron chi connectivity index (χ4n) is 3.92. The van der Waals surface area contributed by atoms with Gasteiger partial charge < -0.3 is 21.1 Å². The number of carbonyl (C=O) groups is 1. The van der Waals surface area contributed by atoms with Gasteiger partial charge in [0.1, 0.15) is 0 Å². The highest BCUT2D eigenvalue weighted by Crippen LogP contribution is 2.32. The van der Waals surface area contributed by atoms with Crippen molar-refractivity contribution in [1.82, 2.24) is 10.2 Å². The summed E-state index contributed by atoms with van der Waals surface area (Å²) in [6.45, 7) is 7.15. The molecule has 0 saturated heterocycles. The molecule has 7 nitrogen and oxygen atoms in total. The van der Waals surface area contributed by atoms with Crippen LogP contribution in [0.15, 0.2) is 52.1 Å². The van der Waals surface area contributed by atoms with Gasteiger partial charge in [0, 0.05) is 30.9 Å². The Hall–Kier alpha value is -2.16.